The fraction of sp³-hybridized carbons (Fsp3) is 0.636. The van der Waals surface area contributed by atoms with Crippen molar-refractivity contribution in [3.8, 4) is 0 Å². The summed E-state index contributed by atoms with van der Waals surface area (Å²) in [6.45, 7) is 1.15. The Morgan fingerprint density at radius 3 is 3.27 bits per heavy atom. The van der Waals surface area contributed by atoms with E-state index in [0.29, 0.717) is 6.04 Å². The molecule has 1 aromatic heterocycles. The van der Waals surface area contributed by atoms with Crippen molar-refractivity contribution >= 4 is 11.8 Å². The monoisotopic (exact) mass is 226 g/mol. The normalized spacial score (nSPS) is 25.3. The van der Waals surface area contributed by atoms with Crippen LogP contribution >= 0.6 is 11.8 Å². The lowest BCUT2D eigenvalue weighted by Crippen LogP contribution is -2.51. The van der Waals surface area contributed by atoms with Crippen molar-refractivity contribution in [3.63, 3.8) is 0 Å². The van der Waals surface area contributed by atoms with Gasteiger partial charge in [0.15, 0.2) is 0 Å². The lowest BCUT2D eigenvalue weighted by atomic mass is 10.0. The highest BCUT2D eigenvalue weighted by atomic mass is 32.2. The zero-order chi connectivity index (χ0) is 10.7. The second-order valence-corrected chi connectivity index (χ2v) is 5.27. The quantitative estimate of drug-likeness (QED) is 0.841. The summed E-state index contributed by atoms with van der Waals surface area (Å²) in [5.74, 6) is 2.38. The predicted molar refractivity (Wildman–Crippen MR) is 64.1 cm³/mol. The molecular weight excluding hydrogens is 208 g/mol. The molecule has 1 fully saturated rings. The van der Waals surface area contributed by atoms with Crippen LogP contribution in [0, 0.1) is 0 Å². The number of nitrogens with zero attached hydrogens (tertiary/aromatic N) is 1. The van der Waals surface area contributed by atoms with Crippen LogP contribution in [0.15, 0.2) is 23.0 Å². The zero-order valence-electron chi connectivity index (χ0n) is 9.06. The van der Waals surface area contributed by atoms with Crippen molar-refractivity contribution in [2.75, 3.05) is 25.1 Å². The molecule has 0 aromatic carbocycles. The Morgan fingerprint density at radius 2 is 2.60 bits per heavy atom. The van der Waals surface area contributed by atoms with Crippen molar-refractivity contribution in [3.05, 3.63) is 24.2 Å². The molecule has 1 aliphatic heterocycles. The van der Waals surface area contributed by atoms with Gasteiger partial charge >= 0.3 is 0 Å². The average molecular weight is 226 g/mol. The van der Waals surface area contributed by atoms with Crippen molar-refractivity contribution in [1.29, 1.82) is 0 Å². The molecule has 0 aliphatic carbocycles. The van der Waals surface area contributed by atoms with Gasteiger partial charge in [0.25, 0.3) is 0 Å². The van der Waals surface area contributed by atoms with E-state index >= 15 is 0 Å². The van der Waals surface area contributed by atoms with E-state index in [4.69, 9.17) is 10.2 Å². The summed E-state index contributed by atoms with van der Waals surface area (Å²) in [4.78, 5) is 2.38. The average Bonchev–Trinajstić information content (AvgIpc) is 2.71. The maximum absolute atomic E-state index is 6.23. The first-order valence-electron chi connectivity index (χ1n) is 5.32. The van der Waals surface area contributed by atoms with Gasteiger partial charge in [-0.1, -0.05) is 0 Å². The highest BCUT2D eigenvalue weighted by Gasteiger charge is 2.25. The van der Waals surface area contributed by atoms with E-state index in [9.17, 15) is 0 Å². The van der Waals surface area contributed by atoms with Gasteiger partial charge in [0.05, 0.1) is 12.5 Å². The number of hydrogen-bond donors (Lipinski definition) is 1. The summed E-state index contributed by atoms with van der Waals surface area (Å²) in [5, 5.41) is 0. The molecular formula is C11H18N2OS. The van der Waals surface area contributed by atoms with Crippen molar-refractivity contribution < 1.29 is 4.42 Å². The van der Waals surface area contributed by atoms with E-state index in [2.05, 4.69) is 11.9 Å². The summed E-state index contributed by atoms with van der Waals surface area (Å²) in [6, 6.07) is 2.70. The van der Waals surface area contributed by atoms with Gasteiger partial charge in [-0.15, -0.1) is 0 Å². The molecule has 0 saturated carbocycles. The zero-order valence-corrected chi connectivity index (χ0v) is 9.87. The lowest BCUT2D eigenvalue weighted by molar-refractivity contribution is 0.235. The van der Waals surface area contributed by atoms with E-state index in [1.807, 2.05) is 17.8 Å². The Hall–Kier alpha value is -0.450. The van der Waals surface area contributed by atoms with Crippen molar-refractivity contribution in [2.45, 2.75) is 18.5 Å². The van der Waals surface area contributed by atoms with Gasteiger partial charge in [-0.3, -0.25) is 0 Å². The molecule has 15 heavy (non-hydrogen) atoms. The van der Waals surface area contributed by atoms with E-state index in [-0.39, 0.29) is 6.04 Å². The van der Waals surface area contributed by atoms with E-state index in [1.54, 1.807) is 12.5 Å². The number of nitrogens with two attached hydrogens (primary N) is 1. The molecule has 2 atom stereocenters. The summed E-state index contributed by atoms with van der Waals surface area (Å²) < 4.78 is 5.06. The second-order valence-electron chi connectivity index (χ2n) is 4.12. The van der Waals surface area contributed by atoms with Gasteiger partial charge in [-0.05, 0) is 25.1 Å². The molecule has 84 valence electrons. The molecule has 2 unspecified atom stereocenters. The highest BCUT2D eigenvalue weighted by molar-refractivity contribution is 7.99. The Labute approximate surface area is 95.0 Å². The van der Waals surface area contributed by atoms with Gasteiger partial charge in [0.2, 0.25) is 0 Å². The van der Waals surface area contributed by atoms with Crippen molar-refractivity contribution in [2.24, 2.45) is 5.73 Å². The summed E-state index contributed by atoms with van der Waals surface area (Å²) in [7, 11) is 2.17. The molecule has 2 heterocycles. The van der Waals surface area contributed by atoms with E-state index in [0.717, 1.165) is 18.7 Å². The molecule has 0 radical (unpaired) electrons. The van der Waals surface area contributed by atoms with Gasteiger partial charge < -0.3 is 15.1 Å². The number of rotatable bonds is 3. The Bertz CT molecular complexity index is 289. The third kappa shape index (κ3) is 2.77. The van der Waals surface area contributed by atoms with Gasteiger partial charge in [-0.25, -0.2) is 0 Å². The summed E-state index contributed by atoms with van der Waals surface area (Å²) in [6.07, 6.45) is 4.41. The maximum Gasteiger partial charge on any atom is 0.0935 e. The predicted octanol–water partition coefficient (Wildman–Crippen LogP) is 1.20. The minimum absolute atomic E-state index is 0.209. The van der Waals surface area contributed by atoms with Crippen LogP contribution in [0.1, 0.15) is 5.56 Å². The molecule has 0 spiro atoms. The van der Waals surface area contributed by atoms with Crippen LogP contribution in [0.25, 0.3) is 0 Å². The fourth-order valence-electron chi connectivity index (χ4n) is 1.97. The topological polar surface area (TPSA) is 42.4 Å². The van der Waals surface area contributed by atoms with Crippen molar-refractivity contribution in [1.82, 2.24) is 4.90 Å². The molecule has 2 N–H and O–H groups in total. The molecule has 0 bridgehead atoms. The lowest BCUT2D eigenvalue weighted by Gasteiger charge is -2.35. The maximum atomic E-state index is 6.23. The third-order valence-electron chi connectivity index (χ3n) is 2.99. The van der Waals surface area contributed by atoms with Crippen LogP contribution in [0.4, 0.5) is 0 Å². The largest absolute Gasteiger partial charge is 0.472 e. The minimum atomic E-state index is 0.209. The smallest absolute Gasteiger partial charge is 0.0935 e. The standard InChI is InChI=1S/C11H18N2OS/c1-13-3-5-15-8-11(13)10(12)6-9-2-4-14-7-9/h2,4,7,10-11H,3,5-6,8,12H2,1H3. The van der Waals surface area contributed by atoms with Gasteiger partial charge in [0.1, 0.15) is 0 Å². The van der Waals surface area contributed by atoms with E-state index in [1.165, 1.54) is 11.3 Å². The molecule has 1 aliphatic rings. The van der Waals surface area contributed by atoms with Gasteiger partial charge in [0, 0.05) is 30.1 Å². The summed E-state index contributed by atoms with van der Waals surface area (Å²) in [5.41, 5.74) is 7.43. The number of thioether (sulfide) groups is 1. The van der Waals surface area contributed by atoms with Crippen LogP contribution in [0.5, 0.6) is 0 Å². The Kier molecular flexibility index (Phi) is 3.72. The summed E-state index contributed by atoms with van der Waals surface area (Å²) >= 11 is 2.00. The molecule has 3 nitrogen and oxygen atoms in total. The van der Waals surface area contributed by atoms with Crippen LogP contribution in [0.2, 0.25) is 0 Å². The SMILES string of the molecule is CN1CCSCC1C(N)Cc1ccoc1. The molecule has 1 aromatic rings. The van der Waals surface area contributed by atoms with Crippen LogP contribution in [0.3, 0.4) is 0 Å². The fourth-order valence-corrected chi connectivity index (χ4v) is 3.30. The first-order chi connectivity index (χ1) is 7.27. The Balaban J connectivity index is 1.91. The van der Waals surface area contributed by atoms with Crippen LogP contribution in [-0.4, -0.2) is 42.1 Å². The second kappa shape index (κ2) is 5.05. The molecule has 2 rings (SSSR count). The van der Waals surface area contributed by atoms with Crippen LogP contribution < -0.4 is 5.73 Å². The first kappa shape index (κ1) is 11.0. The number of likely N-dealkylation sites (N-methyl/N-ethyl adjacent to an activating group) is 1. The molecule has 0 amide bonds. The van der Waals surface area contributed by atoms with Crippen LogP contribution in [-0.2, 0) is 6.42 Å². The van der Waals surface area contributed by atoms with E-state index < -0.39 is 0 Å². The third-order valence-corrected chi connectivity index (χ3v) is 4.04. The molecule has 1 saturated heterocycles. The number of furan rings is 1. The van der Waals surface area contributed by atoms with Gasteiger partial charge in [-0.2, -0.15) is 11.8 Å². The molecule has 4 heteroatoms. The highest BCUT2D eigenvalue weighted by Crippen LogP contribution is 2.18. The first-order valence-corrected chi connectivity index (χ1v) is 6.47. The number of hydrogen-bond acceptors (Lipinski definition) is 4. The Morgan fingerprint density at radius 1 is 1.73 bits per heavy atom. The minimum Gasteiger partial charge on any atom is -0.472 e.